The van der Waals surface area contributed by atoms with Crippen LogP contribution in [0.25, 0.3) is 0 Å². The molecule has 1 saturated carbocycles. The second-order valence-corrected chi connectivity index (χ2v) is 8.13. The molecule has 0 unspecified atom stereocenters. The molecule has 2 heterocycles. The Morgan fingerprint density at radius 1 is 1.14 bits per heavy atom. The van der Waals surface area contributed by atoms with E-state index < -0.39 is 11.6 Å². The number of carbonyl (C=O) groups is 3. The molecule has 1 N–H and O–H groups in total. The van der Waals surface area contributed by atoms with E-state index in [0.29, 0.717) is 19.4 Å². The van der Waals surface area contributed by atoms with Crippen LogP contribution in [0, 0.1) is 0 Å². The lowest BCUT2D eigenvalue weighted by atomic mass is 9.98. The predicted molar refractivity (Wildman–Crippen MR) is 107 cm³/mol. The van der Waals surface area contributed by atoms with Crippen molar-refractivity contribution in [2.45, 2.75) is 37.8 Å². The molecule has 29 heavy (non-hydrogen) atoms. The summed E-state index contributed by atoms with van der Waals surface area (Å²) < 4.78 is 5.38. The SMILES string of the molecule is CN(Cc1ccc(N2CCOCC2)cc1)C(=O)CN1C(=O)NC2(CCCC2)C1=O. The molecule has 3 aliphatic rings. The largest absolute Gasteiger partial charge is 0.378 e. The van der Waals surface area contributed by atoms with Crippen molar-refractivity contribution in [2.24, 2.45) is 0 Å². The summed E-state index contributed by atoms with van der Waals surface area (Å²) >= 11 is 0. The third kappa shape index (κ3) is 3.94. The van der Waals surface area contributed by atoms with Crippen LogP contribution >= 0.6 is 0 Å². The Hall–Kier alpha value is -2.61. The number of urea groups is 1. The van der Waals surface area contributed by atoms with Crippen LogP contribution in [0.4, 0.5) is 10.5 Å². The van der Waals surface area contributed by atoms with Gasteiger partial charge in [-0.15, -0.1) is 0 Å². The van der Waals surface area contributed by atoms with Crippen molar-refractivity contribution >= 4 is 23.5 Å². The lowest BCUT2D eigenvalue weighted by molar-refractivity contribution is -0.138. The highest BCUT2D eigenvalue weighted by Gasteiger charge is 2.52. The molecule has 0 radical (unpaired) electrons. The molecule has 1 spiro atoms. The Morgan fingerprint density at radius 2 is 1.79 bits per heavy atom. The maximum Gasteiger partial charge on any atom is 0.325 e. The van der Waals surface area contributed by atoms with Gasteiger partial charge in [0.2, 0.25) is 5.91 Å². The van der Waals surface area contributed by atoms with E-state index in [-0.39, 0.29) is 18.4 Å². The van der Waals surface area contributed by atoms with Gasteiger partial charge in [-0.05, 0) is 30.5 Å². The maximum absolute atomic E-state index is 12.7. The Morgan fingerprint density at radius 3 is 2.45 bits per heavy atom. The number of amides is 4. The van der Waals surface area contributed by atoms with Gasteiger partial charge in [-0.1, -0.05) is 25.0 Å². The minimum atomic E-state index is -0.773. The van der Waals surface area contributed by atoms with Crippen LogP contribution in [0.3, 0.4) is 0 Å². The average Bonchev–Trinajstić information content (AvgIpc) is 3.29. The second-order valence-electron chi connectivity index (χ2n) is 8.13. The Labute approximate surface area is 170 Å². The molecule has 4 rings (SSSR count). The van der Waals surface area contributed by atoms with Crippen LogP contribution < -0.4 is 10.2 Å². The van der Waals surface area contributed by atoms with Crippen molar-refractivity contribution in [1.82, 2.24) is 15.1 Å². The molecule has 156 valence electrons. The molecule has 8 heteroatoms. The highest BCUT2D eigenvalue weighted by molar-refractivity contribution is 6.09. The van der Waals surface area contributed by atoms with Crippen LogP contribution in [0.15, 0.2) is 24.3 Å². The lowest BCUT2D eigenvalue weighted by Crippen LogP contribution is -2.45. The zero-order valence-corrected chi connectivity index (χ0v) is 16.9. The first-order chi connectivity index (χ1) is 14.0. The number of likely N-dealkylation sites (N-methyl/N-ethyl adjacent to an activating group) is 1. The summed E-state index contributed by atoms with van der Waals surface area (Å²) in [5.74, 6) is -0.502. The van der Waals surface area contributed by atoms with Crippen molar-refractivity contribution in [3.05, 3.63) is 29.8 Å². The van der Waals surface area contributed by atoms with E-state index in [9.17, 15) is 14.4 Å². The van der Waals surface area contributed by atoms with Crippen LogP contribution in [-0.4, -0.2) is 73.1 Å². The van der Waals surface area contributed by atoms with Crippen molar-refractivity contribution in [2.75, 3.05) is 44.8 Å². The number of nitrogens with zero attached hydrogens (tertiary/aromatic N) is 3. The van der Waals surface area contributed by atoms with Gasteiger partial charge in [0.05, 0.1) is 13.2 Å². The first-order valence-corrected chi connectivity index (χ1v) is 10.3. The Balaban J connectivity index is 1.33. The van der Waals surface area contributed by atoms with Gasteiger partial charge < -0.3 is 19.9 Å². The third-order valence-corrected chi connectivity index (χ3v) is 6.15. The number of morpholine rings is 1. The Kier molecular flexibility index (Phi) is 5.45. The number of carbonyl (C=O) groups excluding carboxylic acids is 3. The predicted octanol–water partition coefficient (Wildman–Crippen LogP) is 1.35. The molecule has 1 aromatic carbocycles. The highest BCUT2D eigenvalue weighted by Crippen LogP contribution is 2.35. The molecule has 8 nitrogen and oxygen atoms in total. The van der Waals surface area contributed by atoms with Gasteiger partial charge in [0.15, 0.2) is 0 Å². The van der Waals surface area contributed by atoms with Gasteiger partial charge in [0, 0.05) is 32.4 Å². The fourth-order valence-corrected chi connectivity index (χ4v) is 4.39. The topological polar surface area (TPSA) is 82.2 Å². The van der Waals surface area contributed by atoms with Crippen LogP contribution in [0.1, 0.15) is 31.2 Å². The molecule has 0 aromatic heterocycles. The maximum atomic E-state index is 12.7. The monoisotopic (exact) mass is 400 g/mol. The minimum Gasteiger partial charge on any atom is -0.378 e. The molecule has 1 aromatic rings. The summed E-state index contributed by atoms with van der Waals surface area (Å²) in [6, 6.07) is 7.68. The normalized spacial score (nSPS) is 21.0. The molecule has 0 bridgehead atoms. The number of hydrogen-bond acceptors (Lipinski definition) is 5. The molecular weight excluding hydrogens is 372 g/mol. The van der Waals surface area contributed by atoms with Crippen molar-refractivity contribution in [1.29, 1.82) is 0 Å². The molecule has 0 atom stereocenters. The second kappa shape index (κ2) is 8.02. The number of imide groups is 1. The fraction of sp³-hybridized carbons (Fsp3) is 0.571. The molecule has 2 aliphatic heterocycles. The summed E-state index contributed by atoms with van der Waals surface area (Å²) in [6.45, 7) is 3.45. The van der Waals surface area contributed by atoms with E-state index in [1.165, 1.54) is 0 Å². The zero-order valence-electron chi connectivity index (χ0n) is 16.9. The summed E-state index contributed by atoms with van der Waals surface area (Å²) in [4.78, 5) is 42.5. The van der Waals surface area contributed by atoms with Gasteiger partial charge in [0.25, 0.3) is 5.91 Å². The molecule has 2 saturated heterocycles. The number of anilines is 1. The van der Waals surface area contributed by atoms with Crippen LogP contribution in [0.2, 0.25) is 0 Å². The van der Waals surface area contributed by atoms with Gasteiger partial charge in [-0.3, -0.25) is 14.5 Å². The minimum absolute atomic E-state index is 0.214. The smallest absolute Gasteiger partial charge is 0.325 e. The molecular formula is C21H28N4O4. The fourth-order valence-electron chi connectivity index (χ4n) is 4.39. The third-order valence-electron chi connectivity index (χ3n) is 6.15. The number of benzene rings is 1. The Bertz CT molecular complexity index is 782. The molecule has 1 aliphatic carbocycles. The number of nitrogens with one attached hydrogen (secondary N) is 1. The van der Waals surface area contributed by atoms with E-state index in [2.05, 4.69) is 22.3 Å². The van der Waals surface area contributed by atoms with Crippen molar-refractivity contribution < 1.29 is 19.1 Å². The quantitative estimate of drug-likeness (QED) is 0.755. The van der Waals surface area contributed by atoms with E-state index in [4.69, 9.17) is 4.74 Å². The lowest BCUT2D eigenvalue weighted by Gasteiger charge is -2.29. The van der Waals surface area contributed by atoms with E-state index in [1.54, 1.807) is 11.9 Å². The molecule has 3 fully saturated rings. The van der Waals surface area contributed by atoms with Gasteiger partial charge in [-0.25, -0.2) is 4.79 Å². The van der Waals surface area contributed by atoms with E-state index in [1.807, 2.05) is 12.1 Å². The first-order valence-electron chi connectivity index (χ1n) is 10.3. The van der Waals surface area contributed by atoms with E-state index >= 15 is 0 Å². The summed E-state index contributed by atoms with van der Waals surface area (Å²) in [5.41, 5.74) is 1.38. The first kappa shape index (κ1) is 19.7. The van der Waals surface area contributed by atoms with Crippen LogP contribution in [-0.2, 0) is 20.9 Å². The number of ether oxygens (including phenoxy) is 1. The molecule has 4 amide bonds. The standard InChI is InChI=1S/C21H28N4O4/c1-23(14-16-4-6-17(7-5-16)24-10-12-29-13-11-24)18(26)15-25-19(27)21(22-20(25)28)8-2-3-9-21/h4-7H,2-3,8-15H2,1H3,(H,22,28). The van der Waals surface area contributed by atoms with Gasteiger partial charge in [0.1, 0.15) is 12.1 Å². The summed E-state index contributed by atoms with van der Waals surface area (Å²) in [6.07, 6.45) is 3.17. The van der Waals surface area contributed by atoms with Gasteiger partial charge >= 0.3 is 6.03 Å². The highest BCUT2D eigenvalue weighted by atomic mass is 16.5. The summed E-state index contributed by atoms with van der Waals surface area (Å²) in [5, 5.41) is 2.81. The number of rotatable bonds is 5. The van der Waals surface area contributed by atoms with Gasteiger partial charge in [-0.2, -0.15) is 0 Å². The van der Waals surface area contributed by atoms with Crippen LogP contribution in [0.5, 0.6) is 0 Å². The van der Waals surface area contributed by atoms with Crippen molar-refractivity contribution in [3.8, 4) is 0 Å². The van der Waals surface area contributed by atoms with E-state index in [0.717, 1.165) is 55.3 Å². The summed E-state index contributed by atoms with van der Waals surface area (Å²) in [7, 11) is 1.70. The number of hydrogen-bond donors (Lipinski definition) is 1. The zero-order chi connectivity index (χ0) is 20.4. The average molecular weight is 400 g/mol. The van der Waals surface area contributed by atoms with Crippen molar-refractivity contribution in [3.63, 3.8) is 0 Å².